The summed E-state index contributed by atoms with van der Waals surface area (Å²) in [5, 5.41) is 6.43. The highest BCUT2D eigenvalue weighted by Gasteiger charge is 2.14. The van der Waals surface area contributed by atoms with Gasteiger partial charge in [0.2, 0.25) is 5.91 Å². The van der Waals surface area contributed by atoms with E-state index < -0.39 is 0 Å². The number of aliphatic imine (C=N–C) groups is 1. The van der Waals surface area contributed by atoms with E-state index in [1.807, 2.05) is 62.4 Å². The summed E-state index contributed by atoms with van der Waals surface area (Å²) in [5.74, 6) is 1.99. The third-order valence-electron chi connectivity index (χ3n) is 4.68. The summed E-state index contributed by atoms with van der Waals surface area (Å²) in [4.78, 5) is 19.0. The second-order valence-electron chi connectivity index (χ2n) is 6.93. The number of carbonyl (C=O) groups is 1. The molecule has 3 rings (SSSR count). The van der Waals surface area contributed by atoms with Gasteiger partial charge in [-0.2, -0.15) is 0 Å². The first-order valence-corrected chi connectivity index (χ1v) is 10.5. The zero-order valence-electron chi connectivity index (χ0n) is 18.1. The Bertz CT molecular complexity index is 861. The maximum absolute atomic E-state index is 12.7. The van der Waals surface area contributed by atoms with Crippen molar-refractivity contribution in [1.82, 2.24) is 10.2 Å². The van der Waals surface area contributed by atoms with Crippen LogP contribution in [0.2, 0.25) is 0 Å². The van der Waals surface area contributed by atoms with Crippen molar-refractivity contribution in [2.45, 2.75) is 26.8 Å². The van der Waals surface area contributed by atoms with E-state index >= 15 is 0 Å². The lowest BCUT2D eigenvalue weighted by atomic mass is 10.2. The van der Waals surface area contributed by atoms with Gasteiger partial charge < -0.3 is 25.0 Å². The van der Waals surface area contributed by atoms with Crippen molar-refractivity contribution in [3.8, 4) is 11.5 Å². The molecule has 168 valence electrons. The SMILES string of the molecule is CCNC(=NCC(=O)N(CC)Cc1ccccc1)Nc1ccc2c(c1)OCCCO2.I. The number of rotatable bonds is 7. The van der Waals surface area contributed by atoms with Crippen LogP contribution in [0.3, 0.4) is 0 Å². The summed E-state index contributed by atoms with van der Waals surface area (Å²) < 4.78 is 11.4. The molecule has 2 N–H and O–H groups in total. The van der Waals surface area contributed by atoms with Crippen molar-refractivity contribution < 1.29 is 14.3 Å². The summed E-state index contributed by atoms with van der Waals surface area (Å²) in [6.07, 6.45) is 0.862. The summed E-state index contributed by atoms with van der Waals surface area (Å²) >= 11 is 0. The van der Waals surface area contributed by atoms with Gasteiger partial charge in [-0.25, -0.2) is 4.99 Å². The van der Waals surface area contributed by atoms with Crippen LogP contribution < -0.4 is 20.1 Å². The number of nitrogens with one attached hydrogen (secondary N) is 2. The molecule has 0 saturated carbocycles. The highest BCUT2D eigenvalue weighted by Crippen LogP contribution is 2.32. The third kappa shape index (κ3) is 7.61. The van der Waals surface area contributed by atoms with Gasteiger partial charge >= 0.3 is 0 Å². The third-order valence-corrected chi connectivity index (χ3v) is 4.68. The largest absolute Gasteiger partial charge is 0.490 e. The lowest BCUT2D eigenvalue weighted by Gasteiger charge is -2.20. The van der Waals surface area contributed by atoms with Gasteiger partial charge in [0.25, 0.3) is 0 Å². The van der Waals surface area contributed by atoms with Crippen LogP contribution in [0.25, 0.3) is 0 Å². The Balaban J connectivity index is 0.00000341. The van der Waals surface area contributed by atoms with E-state index in [0.29, 0.717) is 44.6 Å². The number of nitrogens with zero attached hydrogens (tertiary/aromatic N) is 2. The molecule has 7 nitrogen and oxygen atoms in total. The molecule has 0 aliphatic carbocycles. The van der Waals surface area contributed by atoms with Crippen molar-refractivity contribution in [3.05, 3.63) is 54.1 Å². The van der Waals surface area contributed by atoms with Crippen LogP contribution in [0.15, 0.2) is 53.5 Å². The molecule has 2 aromatic carbocycles. The minimum absolute atomic E-state index is 0. The van der Waals surface area contributed by atoms with E-state index in [0.717, 1.165) is 23.4 Å². The molecule has 0 aromatic heterocycles. The Morgan fingerprint density at radius 2 is 1.81 bits per heavy atom. The summed E-state index contributed by atoms with van der Waals surface area (Å²) in [6, 6.07) is 15.7. The molecule has 1 aliphatic rings. The lowest BCUT2D eigenvalue weighted by molar-refractivity contribution is -0.130. The maximum atomic E-state index is 12.7. The molecule has 2 aromatic rings. The van der Waals surface area contributed by atoms with E-state index in [9.17, 15) is 4.79 Å². The number of halogens is 1. The fourth-order valence-corrected chi connectivity index (χ4v) is 3.11. The van der Waals surface area contributed by atoms with Gasteiger partial charge in [0.15, 0.2) is 17.5 Å². The second-order valence-corrected chi connectivity index (χ2v) is 6.93. The van der Waals surface area contributed by atoms with Crippen LogP contribution in [0.1, 0.15) is 25.8 Å². The first-order valence-electron chi connectivity index (χ1n) is 10.5. The number of amides is 1. The van der Waals surface area contributed by atoms with Crippen molar-refractivity contribution in [3.63, 3.8) is 0 Å². The molecule has 1 aliphatic heterocycles. The van der Waals surface area contributed by atoms with Gasteiger partial charge in [-0.3, -0.25) is 4.79 Å². The molecule has 31 heavy (non-hydrogen) atoms. The number of guanidine groups is 1. The van der Waals surface area contributed by atoms with Crippen LogP contribution in [0.5, 0.6) is 11.5 Å². The first kappa shape index (κ1) is 24.8. The van der Waals surface area contributed by atoms with Crippen LogP contribution >= 0.6 is 24.0 Å². The predicted octanol–water partition coefficient (Wildman–Crippen LogP) is 3.89. The van der Waals surface area contributed by atoms with E-state index in [4.69, 9.17) is 9.47 Å². The number of ether oxygens (including phenoxy) is 2. The normalized spacial score (nSPS) is 12.9. The minimum Gasteiger partial charge on any atom is -0.490 e. The molecule has 0 radical (unpaired) electrons. The Kier molecular flexibility index (Phi) is 10.4. The average Bonchev–Trinajstić information content (AvgIpc) is 3.01. The number of anilines is 1. The van der Waals surface area contributed by atoms with Gasteiger partial charge in [-0.05, 0) is 31.5 Å². The maximum Gasteiger partial charge on any atom is 0.244 e. The predicted molar refractivity (Wildman–Crippen MR) is 135 cm³/mol. The molecule has 1 heterocycles. The molecule has 1 amide bonds. The number of fused-ring (bicyclic) bond motifs is 1. The van der Waals surface area contributed by atoms with Gasteiger partial charge in [0.1, 0.15) is 6.54 Å². The number of hydrogen-bond acceptors (Lipinski definition) is 4. The van der Waals surface area contributed by atoms with Gasteiger partial charge in [0, 0.05) is 37.8 Å². The van der Waals surface area contributed by atoms with E-state index in [1.54, 1.807) is 4.90 Å². The summed E-state index contributed by atoms with van der Waals surface area (Å²) in [5.41, 5.74) is 1.93. The molecule has 0 atom stereocenters. The number of benzene rings is 2. The number of likely N-dealkylation sites (N-methyl/N-ethyl adjacent to an activating group) is 1. The van der Waals surface area contributed by atoms with Gasteiger partial charge in [-0.15, -0.1) is 24.0 Å². The quantitative estimate of drug-likeness (QED) is 0.318. The Morgan fingerprint density at radius 3 is 2.52 bits per heavy atom. The molecular formula is C23H31IN4O3. The van der Waals surface area contributed by atoms with Crippen molar-refractivity contribution in [1.29, 1.82) is 0 Å². The van der Waals surface area contributed by atoms with Crippen molar-refractivity contribution in [2.75, 3.05) is 38.2 Å². The summed E-state index contributed by atoms with van der Waals surface area (Å²) in [6.45, 7) is 7.22. The van der Waals surface area contributed by atoms with Gasteiger partial charge in [-0.1, -0.05) is 30.3 Å². The lowest BCUT2D eigenvalue weighted by Crippen LogP contribution is -2.35. The minimum atomic E-state index is -0.0165. The summed E-state index contributed by atoms with van der Waals surface area (Å²) in [7, 11) is 0. The van der Waals surface area contributed by atoms with Crippen LogP contribution in [-0.2, 0) is 11.3 Å². The molecule has 0 fully saturated rings. The monoisotopic (exact) mass is 538 g/mol. The fraction of sp³-hybridized carbons (Fsp3) is 0.391. The molecule has 0 bridgehead atoms. The highest BCUT2D eigenvalue weighted by atomic mass is 127. The smallest absolute Gasteiger partial charge is 0.244 e. The van der Waals surface area contributed by atoms with Crippen LogP contribution in [0, 0.1) is 0 Å². The highest BCUT2D eigenvalue weighted by molar-refractivity contribution is 14.0. The average molecular weight is 538 g/mol. The van der Waals surface area contributed by atoms with E-state index in [1.165, 1.54) is 0 Å². The molecule has 0 saturated heterocycles. The van der Waals surface area contributed by atoms with Crippen molar-refractivity contribution in [2.24, 2.45) is 4.99 Å². The molecular weight excluding hydrogens is 507 g/mol. The first-order chi connectivity index (χ1) is 14.7. The number of hydrogen-bond donors (Lipinski definition) is 2. The van der Waals surface area contributed by atoms with Crippen molar-refractivity contribution >= 4 is 41.5 Å². The number of carbonyl (C=O) groups excluding carboxylic acids is 1. The van der Waals surface area contributed by atoms with Gasteiger partial charge in [0.05, 0.1) is 13.2 Å². The van der Waals surface area contributed by atoms with Crippen LogP contribution in [0.4, 0.5) is 5.69 Å². The zero-order chi connectivity index (χ0) is 21.2. The molecule has 0 unspecified atom stereocenters. The Labute approximate surface area is 201 Å². The topological polar surface area (TPSA) is 75.2 Å². The van der Waals surface area contributed by atoms with Crippen LogP contribution in [-0.4, -0.2) is 49.6 Å². The van der Waals surface area contributed by atoms with E-state index in [-0.39, 0.29) is 36.4 Å². The van der Waals surface area contributed by atoms with E-state index in [2.05, 4.69) is 15.6 Å². The molecule has 0 spiro atoms. The Morgan fingerprint density at radius 1 is 1.06 bits per heavy atom. The fourth-order valence-electron chi connectivity index (χ4n) is 3.11. The Hall–Kier alpha value is -2.49. The zero-order valence-corrected chi connectivity index (χ0v) is 20.4. The second kappa shape index (κ2) is 13.0. The molecule has 8 heteroatoms. The standard InChI is InChI=1S/C23H30N4O3.HI/c1-3-24-23(26-19-11-12-20-21(15-19)30-14-8-13-29-20)25-16-22(28)27(4-2)17-18-9-6-5-7-10-18;/h5-7,9-12,15H,3-4,8,13-14,16-17H2,1-2H3,(H2,24,25,26);1H.